The van der Waals surface area contributed by atoms with Crippen molar-refractivity contribution in [2.75, 3.05) is 14.2 Å². The Balaban J connectivity index is 2.64. The lowest BCUT2D eigenvalue weighted by atomic mass is 9.78. The minimum Gasteiger partial charge on any atom is -0.482 e. The van der Waals surface area contributed by atoms with Gasteiger partial charge in [0.15, 0.2) is 0 Å². The summed E-state index contributed by atoms with van der Waals surface area (Å²) in [4.78, 5) is 4.48. The van der Waals surface area contributed by atoms with Gasteiger partial charge in [0.2, 0.25) is 11.8 Å². The first-order valence-corrected chi connectivity index (χ1v) is 5.07. The first kappa shape index (κ1) is 10.9. The average molecular weight is 221 g/mol. The summed E-state index contributed by atoms with van der Waals surface area (Å²) < 4.78 is 10.5. The third kappa shape index (κ3) is 1.14. The lowest BCUT2D eigenvalue weighted by Crippen LogP contribution is -2.41. The van der Waals surface area contributed by atoms with Crippen LogP contribution in [0.4, 0.5) is 0 Å². The highest BCUT2D eigenvalue weighted by atomic mass is 16.5. The molecule has 2 aliphatic rings. The molecule has 0 aliphatic carbocycles. The summed E-state index contributed by atoms with van der Waals surface area (Å²) >= 11 is 0. The Hall–Kier alpha value is -1.65. The maximum absolute atomic E-state index is 5.29. The van der Waals surface area contributed by atoms with Gasteiger partial charge in [0.25, 0.3) is 0 Å². The molecule has 86 valence electrons. The van der Waals surface area contributed by atoms with Crippen molar-refractivity contribution in [1.29, 1.82) is 0 Å². The molecule has 2 rings (SSSR count). The standard InChI is InChI=1S/C11H15N3O2/c1-6-8-9(15-4)13-14-10(16-5)11(8,3)7(2)12-6/h1-5H3. The van der Waals surface area contributed by atoms with Gasteiger partial charge in [-0.25, -0.2) is 0 Å². The van der Waals surface area contributed by atoms with Crippen LogP contribution in [0.1, 0.15) is 20.8 Å². The number of methoxy groups -OCH3 is 2. The summed E-state index contributed by atoms with van der Waals surface area (Å²) in [6, 6.07) is 0. The van der Waals surface area contributed by atoms with Crippen molar-refractivity contribution in [2.24, 2.45) is 20.6 Å². The van der Waals surface area contributed by atoms with E-state index in [1.54, 1.807) is 14.2 Å². The lowest BCUT2D eigenvalue weighted by molar-refractivity contribution is 0.348. The zero-order valence-electron chi connectivity index (χ0n) is 10.2. The normalized spacial score (nSPS) is 28.2. The van der Waals surface area contributed by atoms with Gasteiger partial charge in [0.1, 0.15) is 5.41 Å². The van der Waals surface area contributed by atoms with Gasteiger partial charge < -0.3 is 9.47 Å². The molecule has 0 N–H and O–H groups in total. The van der Waals surface area contributed by atoms with Crippen molar-refractivity contribution in [3.8, 4) is 0 Å². The van der Waals surface area contributed by atoms with E-state index in [1.807, 2.05) is 20.8 Å². The van der Waals surface area contributed by atoms with E-state index in [1.165, 1.54) is 0 Å². The Morgan fingerprint density at radius 1 is 1.06 bits per heavy atom. The zero-order chi connectivity index (χ0) is 11.9. The molecule has 0 radical (unpaired) electrons. The Bertz CT molecular complexity index is 460. The second-order valence-electron chi connectivity index (χ2n) is 4.00. The van der Waals surface area contributed by atoms with Crippen LogP contribution in [0.15, 0.2) is 26.5 Å². The number of allylic oxidation sites excluding steroid dienone is 1. The summed E-state index contributed by atoms with van der Waals surface area (Å²) in [5.41, 5.74) is 2.36. The van der Waals surface area contributed by atoms with E-state index in [2.05, 4.69) is 15.2 Å². The van der Waals surface area contributed by atoms with E-state index in [0.717, 1.165) is 17.0 Å². The third-order valence-corrected chi connectivity index (χ3v) is 3.18. The van der Waals surface area contributed by atoms with E-state index in [9.17, 15) is 0 Å². The van der Waals surface area contributed by atoms with Crippen LogP contribution >= 0.6 is 0 Å². The monoisotopic (exact) mass is 221 g/mol. The minimum atomic E-state index is -0.439. The van der Waals surface area contributed by atoms with Gasteiger partial charge in [-0.15, -0.1) is 10.2 Å². The number of aliphatic imine (C=N–C) groups is 1. The second-order valence-corrected chi connectivity index (χ2v) is 4.00. The fourth-order valence-electron chi connectivity index (χ4n) is 2.22. The predicted molar refractivity (Wildman–Crippen MR) is 62.8 cm³/mol. The van der Waals surface area contributed by atoms with Crippen molar-refractivity contribution >= 4 is 17.5 Å². The Morgan fingerprint density at radius 3 is 2.31 bits per heavy atom. The highest BCUT2D eigenvalue weighted by Crippen LogP contribution is 2.42. The fraction of sp³-hybridized carbons (Fsp3) is 0.545. The molecule has 0 saturated carbocycles. The average Bonchev–Trinajstić information content (AvgIpc) is 2.49. The molecule has 5 nitrogen and oxygen atoms in total. The largest absolute Gasteiger partial charge is 0.482 e. The Kier molecular flexibility index (Phi) is 2.33. The highest BCUT2D eigenvalue weighted by molar-refractivity contribution is 6.21. The molecule has 0 amide bonds. The molecule has 0 bridgehead atoms. The Morgan fingerprint density at radius 2 is 1.75 bits per heavy atom. The summed E-state index contributed by atoms with van der Waals surface area (Å²) in [7, 11) is 3.18. The van der Waals surface area contributed by atoms with Crippen LogP contribution in [-0.2, 0) is 9.47 Å². The fourth-order valence-corrected chi connectivity index (χ4v) is 2.22. The van der Waals surface area contributed by atoms with Crippen molar-refractivity contribution < 1.29 is 9.47 Å². The molecule has 0 aromatic rings. The number of rotatable bonds is 0. The van der Waals surface area contributed by atoms with Gasteiger partial charge in [-0.1, -0.05) is 0 Å². The van der Waals surface area contributed by atoms with Gasteiger partial charge >= 0.3 is 0 Å². The molecule has 5 heteroatoms. The highest BCUT2D eigenvalue weighted by Gasteiger charge is 2.49. The minimum absolute atomic E-state index is 0.439. The van der Waals surface area contributed by atoms with Gasteiger partial charge in [0.05, 0.1) is 19.8 Å². The van der Waals surface area contributed by atoms with Crippen molar-refractivity contribution in [2.45, 2.75) is 20.8 Å². The lowest BCUT2D eigenvalue weighted by Gasteiger charge is -2.30. The van der Waals surface area contributed by atoms with Crippen LogP contribution in [0.5, 0.6) is 0 Å². The third-order valence-electron chi connectivity index (χ3n) is 3.18. The molecule has 0 saturated heterocycles. The number of ether oxygens (including phenoxy) is 2. The molecule has 0 aromatic carbocycles. The van der Waals surface area contributed by atoms with E-state index >= 15 is 0 Å². The van der Waals surface area contributed by atoms with Crippen LogP contribution < -0.4 is 0 Å². The molecule has 0 spiro atoms. The summed E-state index contributed by atoms with van der Waals surface area (Å²) in [5.74, 6) is 1.07. The zero-order valence-corrected chi connectivity index (χ0v) is 10.2. The first-order chi connectivity index (χ1) is 7.55. The van der Waals surface area contributed by atoms with Crippen molar-refractivity contribution in [3.63, 3.8) is 0 Å². The number of fused-ring (bicyclic) bond motifs is 1. The molecule has 1 atom stereocenters. The quantitative estimate of drug-likeness (QED) is 0.625. The molecule has 2 aliphatic heterocycles. The van der Waals surface area contributed by atoms with E-state index < -0.39 is 5.41 Å². The Labute approximate surface area is 94.6 Å². The predicted octanol–water partition coefficient (Wildman–Crippen LogP) is 1.76. The van der Waals surface area contributed by atoms with Crippen LogP contribution in [-0.4, -0.2) is 31.7 Å². The molecule has 0 aromatic heterocycles. The molecule has 2 heterocycles. The molecule has 0 fully saturated rings. The van der Waals surface area contributed by atoms with Crippen LogP contribution in [0, 0.1) is 5.41 Å². The summed E-state index contributed by atoms with van der Waals surface area (Å²) in [6.07, 6.45) is 0. The second kappa shape index (κ2) is 3.43. The van der Waals surface area contributed by atoms with Crippen LogP contribution in [0.25, 0.3) is 0 Å². The topological polar surface area (TPSA) is 55.5 Å². The van der Waals surface area contributed by atoms with Crippen molar-refractivity contribution in [1.82, 2.24) is 0 Å². The molecule has 16 heavy (non-hydrogen) atoms. The van der Waals surface area contributed by atoms with Gasteiger partial charge in [-0.05, 0) is 20.8 Å². The summed E-state index contributed by atoms with van der Waals surface area (Å²) in [6.45, 7) is 5.93. The van der Waals surface area contributed by atoms with Crippen LogP contribution in [0.2, 0.25) is 0 Å². The van der Waals surface area contributed by atoms with Gasteiger partial charge in [-0.2, -0.15) is 0 Å². The smallest absolute Gasteiger partial charge is 0.239 e. The first-order valence-electron chi connectivity index (χ1n) is 5.07. The van der Waals surface area contributed by atoms with E-state index in [4.69, 9.17) is 9.47 Å². The number of hydrogen-bond donors (Lipinski definition) is 0. The number of nitrogens with zero attached hydrogens (tertiary/aromatic N) is 3. The van der Waals surface area contributed by atoms with E-state index in [-0.39, 0.29) is 0 Å². The summed E-state index contributed by atoms with van der Waals surface area (Å²) in [5, 5.41) is 8.04. The van der Waals surface area contributed by atoms with Gasteiger partial charge in [-0.3, -0.25) is 4.99 Å². The van der Waals surface area contributed by atoms with E-state index in [0.29, 0.717) is 11.8 Å². The van der Waals surface area contributed by atoms with Crippen LogP contribution in [0.3, 0.4) is 0 Å². The maximum atomic E-state index is 5.29. The van der Waals surface area contributed by atoms with Crippen molar-refractivity contribution in [3.05, 3.63) is 11.3 Å². The SMILES string of the molecule is COC1=NN=C(OC)C2(C)C(C)=NC(C)=C12. The maximum Gasteiger partial charge on any atom is 0.239 e. The molecule has 1 unspecified atom stereocenters. The number of hydrogen-bond acceptors (Lipinski definition) is 5. The van der Waals surface area contributed by atoms with Gasteiger partial charge in [0, 0.05) is 11.4 Å². The molecular weight excluding hydrogens is 206 g/mol. The molecular formula is C11H15N3O2.